The monoisotopic (exact) mass is 708 g/mol. The predicted molar refractivity (Wildman–Crippen MR) is 148 cm³/mol. The summed E-state index contributed by atoms with van der Waals surface area (Å²) in [5.74, 6) is 0.340. The van der Waals surface area contributed by atoms with Crippen molar-refractivity contribution < 1.29 is 40.6 Å². The molecule has 0 aromatic rings. The van der Waals surface area contributed by atoms with Crippen molar-refractivity contribution in [1.82, 2.24) is 0 Å². The van der Waals surface area contributed by atoms with E-state index in [2.05, 4.69) is 64.1 Å². The van der Waals surface area contributed by atoms with Gasteiger partial charge in [-0.05, 0) is 25.7 Å². The smallest absolute Gasteiger partial charge is 0.462 e. The molecule has 4 nitrogen and oxygen atoms in total. The van der Waals surface area contributed by atoms with E-state index in [0.29, 0.717) is 11.6 Å². The molecule has 0 aliphatic rings. The van der Waals surface area contributed by atoms with Crippen molar-refractivity contribution >= 4 is 30.7 Å². The number of unbranched alkanes of at least 4 members (excludes halogenated alkanes) is 4. The van der Waals surface area contributed by atoms with Gasteiger partial charge in [-0.3, -0.25) is 9.19 Å². The molecule has 0 bridgehead atoms. The predicted octanol–water partition coefficient (Wildman–Crippen LogP) is 8.98. The van der Waals surface area contributed by atoms with Crippen LogP contribution >= 0.6 is 12.8 Å². The fourth-order valence-electron chi connectivity index (χ4n) is 2.09. The molecular weight excluding hydrogens is 654 g/mol. The van der Waals surface area contributed by atoms with E-state index < -0.39 is 0 Å². The largest absolute Gasteiger partial charge is 2.00 e. The van der Waals surface area contributed by atoms with Crippen molar-refractivity contribution in [1.29, 1.82) is 5.41 Å². The first-order chi connectivity index (χ1) is 15.2. The Hall–Kier alpha value is -0.0481. The van der Waals surface area contributed by atoms with Gasteiger partial charge in [0.1, 0.15) is 6.10 Å². The minimum atomic E-state index is -0.0946. The summed E-state index contributed by atoms with van der Waals surface area (Å²) in [6.07, 6.45) is 13.5. The second kappa shape index (κ2) is 34.1. The van der Waals surface area contributed by atoms with E-state index in [1.165, 1.54) is 19.3 Å². The number of thiol groups is 1. The zero-order valence-corrected chi connectivity index (χ0v) is 28.4. The molecule has 0 heterocycles. The number of carbonyl (C=O) groups excluding carboxylic acids is 1. The third kappa shape index (κ3) is 29.9. The van der Waals surface area contributed by atoms with Crippen molar-refractivity contribution in [3.8, 4) is 0 Å². The zero-order chi connectivity index (χ0) is 25.9. The van der Waals surface area contributed by atoms with Crippen LogP contribution in [0, 0.1) is 55.3 Å². The van der Waals surface area contributed by atoms with Crippen LogP contribution in [0.25, 0.3) is 0 Å². The molecule has 0 saturated carbocycles. The summed E-state index contributed by atoms with van der Waals surface area (Å²) in [6, 6.07) is 0. The van der Waals surface area contributed by atoms with Crippen molar-refractivity contribution in [2.24, 2.45) is 16.2 Å². The average Bonchev–Trinajstić information content (AvgIpc) is 2.81. The standard InChI is InChI=1S/C10H20O2.C9H15N2S.C6H13.C2H6.U/c1-6-8(4)9(5)12-10(11)7(2)3;1-3-5-6-8(4-2)9(7-10)11-12;1-3-5-6-4-2;1-2;/h7-9H,6H2,1-5H3;6,10,12H,3-5H2,1-2H3;1,3-6H2,2H3;1-2H3;/q;2*-1;;+2/b;8-6+,11-9+;;;. The van der Waals surface area contributed by atoms with E-state index in [1.807, 2.05) is 41.5 Å². The van der Waals surface area contributed by atoms with Crippen LogP contribution in [-0.2, 0) is 9.53 Å². The number of ether oxygens (including phenoxy) is 1. The Morgan fingerprint density at radius 2 is 1.64 bits per heavy atom. The van der Waals surface area contributed by atoms with E-state index in [0.717, 1.165) is 37.7 Å². The molecule has 0 saturated heterocycles. The van der Waals surface area contributed by atoms with Crippen molar-refractivity contribution in [2.75, 3.05) is 0 Å². The quantitative estimate of drug-likeness (QED) is 0.0700. The summed E-state index contributed by atoms with van der Waals surface area (Å²) in [6.45, 7) is 23.9. The van der Waals surface area contributed by atoms with Gasteiger partial charge in [-0.1, -0.05) is 113 Å². The summed E-state index contributed by atoms with van der Waals surface area (Å²) < 4.78 is 8.90. The Labute approximate surface area is 237 Å². The van der Waals surface area contributed by atoms with Gasteiger partial charge in [0.2, 0.25) is 0 Å². The first-order valence-electron chi connectivity index (χ1n) is 12.5. The van der Waals surface area contributed by atoms with Gasteiger partial charge in [-0.2, -0.15) is 18.1 Å². The topological polar surface area (TPSA) is 62.5 Å². The number of rotatable bonds is 12. The fourth-order valence-corrected chi connectivity index (χ4v) is 2.27. The number of carbonyl (C=O) groups is 1. The molecule has 0 amide bonds. The van der Waals surface area contributed by atoms with Gasteiger partial charge >= 0.3 is 37.1 Å². The number of esters is 1. The molecule has 2 unspecified atom stereocenters. The molecule has 1 N–H and O–H groups in total. The molecule has 0 aromatic carbocycles. The van der Waals surface area contributed by atoms with Gasteiger partial charge < -0.3 is 17.1 Å². The maximum atomic E-state index is 11.2. The number of nitrogens with one attached hydrogen (secondary N) is 1. The maximum absolute atomic E-state index is 11.2. The van der Waals surface area contributed by atoms with Crippen molar-refractivity contribution in [2.45, 2.75) is 127 Å². The molecule has 33 heavy (non-hydrogen) atoms. The molecule has 0 radical (unpaired) electrons. The van der Waals surface area contributed by atoms with Gasteiger partial charge in [0.05, 0.1) is 5.92 Å². The minimum Gasteiger partial charge on any atom is -0.462 e. The molecule has 0 fully saturated rings. The summed E-state index contributed by atoms with van der Waals surface area (Å²) in [4.78, 5) is 11.2. The Kier molecular flexibility index (Phi) is 44.5. The summed E-state index contributed by atoms with van der Waals surface area (Å²) in [7, 11) is 0. The second-order valence-corrected chi connectivity index (χ2v) is 7.89. The van der Waals surface area contributed by atoms with Crippen LogP contribution in [0.4, 0.5) is 0 Å². The first-order valence-corrected chi connectivity index (χ1v) is 12.9. The molecule has 0 aromatic heterocycles. The van der Waals surface area contributed by atoms with Gasteiger partial charge in [0.15, 0.2) is 0 Å². The average molecular weight is 709 g/mol. The number of hydrogen-bond donors (Lipinski definition) is 2. The molecule has 0 aliphatic carbocycles. The fraction of sp³-hybridized carbons (Fsp3) is 0.778. The van der Waals surface area contributed by atoms with Crippen LogP contribution in [-0.4, -0.2) is 24.0 Å². The van der Waals surface area contributed by atoms with Crippen molar-refractivity contribution in [3.05, 3.63) is 18.6 Å². The Morgan fingerprint density at radius 1 is 1.09 bits per heavy atom. The van der Waals surface area contributed by atoms with E-state index in [1.54, 1.807) is 0 Å². The Morgan fingerprint density at radius 3 is 1.91 bits per heavy atom. The normalized spacial score (nSPS) is 12.4. The van der Waals surface area contributed by atoms with E-state index in [-0.39, 0.29) is 49.1 Å². The Balaban J connectivity index is -0.000000118. The van der Waals surface area contributed by atoms with Crippen LogP contribution in [0.15, 0.2) is 16.0 Å². The first kappa shape index (κ1) is 43.1. The van der Waals surface area contributed by atoms with Crippen LogP contribution in [0.5, 0.6) is 0 Å². The van der Waals surface area contributed by atoms with Crippen LogP contribution < -0.4 is 0 Å². The second-order valence-electron chi connectivity index (χ2n) is 7.69. The van der Waals surface area contributed by atoms with Crippen LogP contribution in [0.2, 0.25) is 0 Å². The maximum Gasteiger partial charge on any atom is 2.00 e. The van der Waals surface area contributed by atoms with Gasteiger partial charge in [0, 0.05) is 0 Å². The third-order valence-corrected chi connectivity index (χ3v) is 4.86. The van der Waals surface area contributed by atoms with Crippen LogP contribution in [0.1, 0.15) is 121 Å². The molecule has 0 rings (SSSR count). The SMILES string of the molecule is CC.CCC(C)C(C)OC(=O)C(C)C.CCC/C=C(CC)/C([C-]=N)=N/S.[CH2-]CCCCC.[U+2]. The summed E-state index contributed by atoms with van der Waals surface area (Å²) in [5, 5.41) is 6.96. The summed E-state index contributed by atoms with van der Waals surface area (Å²) in [5.41, 5.74) is 1.61. The number of nitrogens with zero attached hydrogens (tertiary/aromatic N) is 1. The third-order valence-electron chi connectivity index (χ3n) is 4.66. The summed E-state index contributed by atoms with van der Waals surface area (Å²) >= 11 is 3.78. The van der Waals surface area contributed by atoms with Gasteiger partial charge in [-0.25, -0.2) is 0 Å². The van der Waals surface area contributed by atoms with Gasteiger partial charge in [-0.15, -0.1) is 6.21 Å². The molecule has 2 atom stereocenters. The number of allylic oxidation sites excluding steroid dienone is 2. The van der Waals surface area contributed by atoms with Crippen LogP contribution in [0.3, 0.4) is 0 Å². The number of hydrogen-bond acceptors (Lipinski definition) is 5. The molecular formula is C27H54N2O2SU. The minimum absolute atomic E-state index is 0. The molecule has 194 valence electrons. The van der Waals surface area contributed by atoms with E-state index in [4.69, 9.17) is 10.1 Å². The van der Waals surface area contributed by atoms with E-state index in [9.17, 15) is 4.79 Å². The Bertz CT molecular complexity index is 477. The molecule has 0 aliphatic heterocycles. The zero-order valence-electron chi connectivity index (χ0n) is 23.4. The van der Waals surface area contributed by atoms with Gasteiger partial charge in [0.25, 0.3) is 0 Å². The van der Waals surface area contributed by atoms with E-state index >= 15 is 0 Å². The molecule has 0 spiro atoms. The van der Waals surface area contributed by atoms with Crippen molar-refractivity contribution in [3.63, 3.8) is 0 Å². The molecule has 6 heteroatoms.